The van der Waals surface area contributed by atoms with Crippen molar-refractivity contribution in [2.24, 2.45) is 34.1 Å². The number of benzene rings is 4. The Morgan fingerprint density at radius 2 is 0.831 bits per heavy atom. The van der Waals surface area contributed by atoms with E-state index in [1.165, 1.54) is 45.4 Å². The molecule has 0 spiro atoms. The molecule has 9 aromatic rings. The van der Waals surface area contributed by atoms with Gasteiger partial charge in [0.2, 0.25) is 49.4 Å². The molecule has 0 saturated carbocycles. The van der Waals surface area contributed by atoms with Crippen LogP contribution < -0.4 is 22.8 Å². The summed E-state index contributed by atoms with van der Waals surface area (Å²) in [5.74, 6) is -1.13. The molecule has 6 N–H and O–H groups in total. The molecule has 7 heterocycles. The standard InChI is InChI=1S/C17H20N2O4.C14H18N2O5S2.C14H18N2O3S.C13H16N2O3S.C12H20N2O2.C9H15N2O.C8H14N2O3S.9CH4/c1-13(2)15-5-3-14(4-6-15)9-18-7-8-19(12-18,10-16(20)21)11-17(22)23;1-10(2)11-7-12(22(4,17)18)14(13(8-11)23(19,20)21)16-6-5-15(3)9-16;1-11(2)12-4-5-13(14(8-12)20(17,18)19)9-16-7-6-15(3)10-16;1-10(2)11-4-5-12(13(8-11)19(16,17)18)15-7-6-14(3)9-15;1-10(2)13-5-6-14(9-13,7-11(3)15)8-12(4)16;1-8(2)11-5-4-10(7-11)6-9(3)12;1-7(2)8(14(11,12)13)10-5-4-9(3)6-10;;;;;;;;;/h3-8,12-13H,9-11H2,1-2H3;5-10H,1-4H3;4-8,10-11H,9H2,1-3H3;4-10H,1-3H3;5-6,9-10H,7-8H2,1-4H3;4-5,7-8H,6H2,1-3H3;4-8H,1-3H3;9*1H4/q;;;;+2;+1;;;;;;;;;;/p+6. The van der Waals surface area contributed by atoms with E-state index < -0.39 is 72.5 Å². The molecule has 764 valence electrons. The first-order chi connectivity index (χ1) is 58.5. The third-order valence-electron chi connectivity index (χ3n) is 19.6. The van der Waals surface area contributed by atoms with E-state index in [0.29, 0.717) is 72.0 Å². The minimum absolute atomic E-state index is 0. The minimum atomic E-state index is -4.61. The molecule has 1 atom stereocenters. The molecule has 40 heteroatoms. The number of carboxylic acids is 2. The Balaban J connectivity index is -0.000000490. The van der Waals surface area contributed by atoms with Crippen LogP contribution in [0.1, 0.15) is 253 Å². The summed E-state index contributed by atoms with van der Waals surface area (Å²) in [7, 11) is -13.6. The van der Waals surface area contributed by atoms with E-state index in [1.54, 1.807) is 148 Å². The number of ketones is 3. The number of aryl methyl sites for hydroxylation is 4. The van der Waals surface area contributed by atoms with Crippen LogP contribution in [0.5, 0.6) is 0 Å². The second-order valence-electron chi connectivity index (χ2n) is 33.8. The number of hydrogen-bond acceptors (Lipinski definition) is 15. The predicted molar refractivity (Wildman–Crippen MR) is 534 cm³/mol. The zero-order valence-corrected chi connectivity index (χ0v) is 80.3. The van der Waals surface area contributed by atoms with Crippen LogP contribution in [0, 0.1) is 5.92 Å². The molecule has 2 aliphatic heterocycles. The molecular weight excluding hydrogens is 1850 g/mol. The van der Waals surface area contributed by atoms with Crippen LogP contribution in [0.2, 0.25) is 0 Å². The van der Waals surface area contributed by atoms with Gasteiger partial charge in [-0.2, -0.15) is 51.8 Å². The zero-order chi connectivity index (χ0) is 96.1. The molecular formula is C96H163N14O21S5+9. The number of carboxylic acid groups (broad SMARTS) is 2. The van der Waals surface area contributed by atoms with E-state index in [4.69, 9.17) is 14.8 Å². The largest absolute Gasteiger partial charge is 0.477 e. The van der Waals surface area contributed by atoms with Gasteiger partial charge in [0.15, 0.2) is 89.7 Å². The quantitative estimate of drug-likeness (QED) is 0.0144. The van der Waals surface area contributed by atoms with Gasteiger partial charge in [-0.05, 0) is 111 Å². The van der Waals surface area contributed by atoms with E-state index >= 15 is 0 Å². The summed E-state index contributed by atoms with van der Waals surface area (Å²) in [5.41, 5.74) is 5.55. The Labute approximate surface area is 812 Å². The number of nitrogens with zero attached hydrogens (tertiary/aromatic N) is 14. The first-order valence-electron chi connectivity index (χ1n) is 40.6. The number of carbonyl (C=O) groups excluding carboxylic acids is 3. The van der Waals surface area contributed by atoms with Crippen molar-refractivity contribution in [3.05, 3.63) is 225 Å². The van der Waals surface area contributed by atoms with E-state index in [2.05, 4.69) is 58.2 Å². The molecule has 11 rings (SSSR count). The fourth-order valence-electron chi connectivity index (χ4n) is 13.4. The van der Waals surface area contributed by atoms with Crippen LogP contribution >= 0.6 is 0 Å². The first kappa shape index (κ1) is 134. The molecule has 2 aliphatic rings. The third kappa shape index (κ3) is 41.6. The molecule has 0 amide bonds. The van der Waals surface area contributed by atoms with Gasteiger partial charge in [0.05, 0.1) is 34.2 Å². The van der Waals surface area contributed by atoms with Gasteiger partial charge in [-0.3, -0.25) is 32.6 Å². The number of imidazole rings is 5. The number of sulfone groups is 1. The molecule has 0 saturated heterocycles. The lowest BCUT2D eigenvalue weighted by Crippen LogP contribution is -2.48. The van der Waals surface area contributed by atoms with Gasteiger partial charge in [0, 0.05) is 37.1 Å². The summed E-state index contributed by atoms with van der Waals surface area (Å²) in [6, 6.07) is 22.1. The molecule has 5 aromatic heterocycles. The number of Topliss-reactive ketones (excluding diaryl/α,β-unsaturated/α-hetero) is 3. The van der Waals surface area contributed by atoms with Gasteiger partial charge < -0.3 is 10.2 Å². The molecule has 35 nitrogen and oxygen atoms in total. The number of aromatic nitrogens is 10. The van der Waals surface area contributed by atoms with E-state index in [0.717, 1.165) is 22.9 Å². The van der Waals surface area contributed by atoms with Gasteiger partial charge in [-0.1, -0.05) is 179 Å². The summed E-state index contributed by atoms with van der Waals surface area (Å²) in [4.78, 5) is 54.7. The summed E-state index contributed by atoms with van der Waals surface area (Å²) in [6.07, 6.45) is 38.2. The molecule has 0 fully saturated rings. The highest BCUT2D eigenvalue weighted by atomic mass is 32.2. The lowest BCUT2D eigenvalue weighted by atomic mass is 10.0. The van der Waals surface area contributed by atoms with Crippen molar-refractivity contribution in [2.75, 3.05) is 32.4 Å². The van der Waals surface area contributed by atoms with Crippen molar-refractivity contribution in [3.8, 4) is 11.4 Å². The number of rotatable bonds is 29. The van der Waals surface area contributed by atoms with Crippen LogP contribution in [-0.2, 0) is 122 Å². The predicted octanol–water partition coefficient (Wildman–Crippen LogP) is 14.2. The van der Waals surface area contributed by atoms with Crippen LogP contribution in [-0.4, -0.2) is 192 Å². The number of hydrogen-bond donors (Lipinski definition) is 6. The van der Waals surface area contributed by atoms with E-state index in [1.807, 2.05) is 159 Å². The van der Waals surface area contributed by atoms with Crippen molar-refractivity contribution >= 4 is 92.3 Å². The molecule has 4 aromatic carbocycles. The average molecular weight is 2010 g/mol. The fourth-order valence-corrected chi connectivity index (χ4v) is 17.7. The maximum Gasteiger partial charge on any atom is 0.360 e. The monoisotopic (exact) mass is 2010 g/mol. The maximum absolute atomic E-state index is 12.2. The number of quaternary nitrogens is 2. The van der Waals surface area contributed by atoms with Crippen LogP contribution in [0.25, 0.3) is 11.4 Å². The second kappa shape index (κ2) is 56.8. The molecule has 0 radical (unpaired) electrons. The second-order valence-corrected chi connectivity index (χ2v) is 41.5. The molecule has 0 bridgehead atoms. The zero-order valence-electron chi connectivity index (χ0n) is 76.2. The highest BCUT2D eigenvalue weighted by Gasteiger charge is 2.41. The highest BCUT2D eigenvalue weighted by molar-refractivity contribution is 7.91. The number of carbonyl (C=O) groups is 5. The third-order valence-corrected chi connectivity index (χ3v) is 24.8. The SMILES string of the molecule is C.C.C.C.C.C.C.C.C.CC(=O)C[N+]1(CC(C)=O)C=C[N+](C(C)C)=C1.CC(=O)C[n+]1ccn(C(C)C)c1.CC(C)C(n1cc[n+](C)c1)S(=O)(=O)O.CC(C)c1cc(S(C)(=O)=O)c(-n2cc[n+](C)c2)c(S(=O)(=O)O)c1.CC(C)c1ccc(-n2cc[n+](C)c2)c(S(=O)(=O)O)c1.CC(C)c1ccc(C[N+]2=C[N+](CC(=O)O)(CC(=O)O)C=C2)cc1.CC(C)c1ccc(Cn2cc[n+](C)c2)c(S(=O)(=O)O)c1. The van der Waals surface area contributed by atoms with Crippen molar-refractivity contribution < 1.29 is 135 Å². The lowest BCUT2D eigenvalue weighted by Gasteiger charge is -2.21. The first-order valence-corrected chi connectivity index (χ1v) is 48.3. The van der Waals surface area contributed by atoms with Crippen molar-refractivity contribution in [3.63, 3.8) is 0 Å². The van der Waals surface area contributed by atoms with Gasteiger partial charge in [0.25, 0.3) is 30.4 Å². The van der Waals surface area contributed by atoms with Crippen LogP contribution in [0.4, 0.5) is 0 Å². The average Bonchev–Trinajstić information content (AvgIpc) is 1.18. The summed E-state index contributed by atoms with van der Waals surface area (Å²) >= 11 is 0. The maximum atomic E-state index is 12.2. The Kier molecular flexibility index (Phi) is 55.8. The summed E-state index contributed by atoms with van der Waals surface area (Å²) in [6.45, 7) is 33.9. The number of aliphatic carboxylic acids is 2. The lowest BCUT2D eigenvalue weighted by molar-refractivity contribution is -0.775. The Hall–Kier alpha value is -10.8. The fraction of sp³-hybridized carbons (Fsp3) is 0.479. The van der Waals surface area contributed by atoms with Crippen molar-refractivity contribution in [2.45, 2.75) is 265 Å². The summed E-state index contributed by atoms with van der Waals surface area (Å²) < 4.78 is 175. The van der Waals surface area contributed by atoms with Crippen molar-refractivity contribution in [1.82, 2.24) is 22.8 Å². The van der Waals surface area contributed by atoms with Crippen molar-refractivity contribution in [1.29, 1.82) is 0 Å². The normalized spacial score (nSPS) is 12.8. The van der Waals surface area contributed by atoms with E-state index in [-0.39, 0.29) is 146 Å². The van der Waals surface area contributed by atoms with Gasteiger partial charge in [0.1, 0.15) is 94.6 Å². The van der Waals surface area contributed by atoms with E-state index in [9.17, 15) is 79.7 Å². The molecule has 1 unspecified atom stereocenters. The smallest absolute Gasteiger partial charge is 0.360 e. The minimum Gasteiger partial charge on any atom is -0.477 e. The van der Waals surface area contributed by atoms with Crippen LogP contribution in [0.3, 0.4) is 0 Å². The van der Waals surface area contributed by atoms with Gasteiger partial charge in [-0.15, -0.1) is 4.58 Å². The molecule has 136 heavy (non-hydrogen) atoms. The Bertz CT molecular complexity index is 6030. The topological polar surface area (TPSA) is 428 Å². The van der Waals surface area contributed by atoms with Gasteiger partial charge >= 0.3 is 34.7 Å². The van der Waals surface area contributed by atoms with Gasteiger partial charge in [-0.25, -0.2) is 59.1 Å². The Morgan fingerprint density at radius 3 is 1.21 bits per heavy atom. The highest BCUT2D eigenvalue weighted by Crippen LogP contribution is 2.33. The Morgan fingerprint density at radius 1 is 0.419 bits per heavy atom. The summed E-state index contributed by atoms with van der Waals surface area (Å²) in [5, 5.41) is 17.1. The van der Waals surface area contributed by atoms with Crippen LogP contribution in [0.15, 0.2) is 211 Å². The molecule has 0 aliphatic carbocycles.